The summed E-state index contributed by atoms with van der Waals surface area (Å²) in [6.07, 6.45) is 3.76. The van der Waals surface area contributed by atoms with Crippen molar-refractivity contribution in [3.05, 3.63) is 21.9 Å². The van der Waals surface area contributed by atoms with E-state index in [1.165, 1.54) is 21.4 Å². The SMILES string of the molecule is CCc1nsc(N2CCN(C(=NC)NCCc3ncc(C)s3)CC2)n1.I. The summed E-state index contributed by atoms with van der Waals surface area (Å²) in [6.45, 7) is 8.82. The summed E-state index contributed by atoms with van der Waals surface area (Å²) < 4.78 is 4.39. The second-order valence-electron chi connectivity index (χ2n) is 5.91. The number of hydrogen-bond acceptors (Lipinski definition) is 7. The molecule has 1 saturated heterocycles. The van der Waals surface area contributed by atoms with Crippen LogP contribution < -0.4 is 10.2 Å². The summed E-state index contributed by atoms with van der Waals surface area (Å²) in [5, 5.41) is 5.68. The van der Waals surface area contributed by atoms with Crippen LogP contribution in [0, 0.1) is 6.92 Å². The Balaban J connectivity index is 0.00000243. The molecule has 0 aliphatic carbocycles. The Hall–Kier alpha value is -1.01. The Labute approximate surface area is 180 Å². The highest BCUT2D eigenvalue weighted by Gasteiger charge is 2.21. The molecule has 3 rings (SSSR count). The molecule has 10 heteroatoms. The zero-order chi connectivity index (χ0) is 17.6. The van der Waals surface area contributed by atoms with Gasteiger partial charge in [0.2, 0.25) is 5.13 Å². The van der Waals surface area contributed by atoms with Gasteiger partial charge in [-0.1, -0.05) is 6.92 Å². The molecule has 0 bridgehead atoms. The monoisotopic (exact) mass is 507 g/mol. The predicted molar refractivity (Wildman–Crippen MR) is 120 cm³/mol. The van der Waals surface area contributed by atoms with Crippen molar-refractivity contribution in [1.29, 1.82) is 0 Å². The van der Waals surface area contributed by atoms with Crippen LogP contribution in [0.5, 0.6) is 0 Å². The van der Waals surface area contributed by atoms with E-state index in [1.54, 1.807) is 11.3 Å². The van der Waals surface area contributed by atoms with Crippen molar-refractivity contribution in [2.45, 2.75) is 26.7 Å². The fraction of sp³-hybridized carbons (Fsp3) is 0.625. The topological polar surface area (TPSA) is 69.5 Å². The smallest absolute Gasteiger partial charge is 0.205 e. The summed E-state index contributed by atoms with van der Waals surface area (Å²) in [5.74, 6) is 1.91. The van der Waals surface area contributed by atoms with E-state index in [0.717, 1.165) is 62.5 Å². The maximum absolute atomic E-state index is 4.59. The molecule has 0 spiro atoms. The number of anilines is 1. The normalized spacial score (nSPS) is 15.1. The molecule has 2 aromatic rings. The molecule has 1 N–H and O–H groups in total. The van der Waals surface area contributed by atoms with Crippen LogP contribution in [0.15, 0.2) is 11.2 Å². The van der Waals surface area contributed by atoms with Crippen LogP contribution in [0.1, 0.15) is 22.6 Å². The minimum absolute atomic E-state index is 0. The number of aromatic nitrogens is 3. The molecule has 144 valence electrons. The van der Waals surface area contributed by atoms with Crippen molar-refractivity contribution in [2.24, 2.45) is 4.99 Å². The van der Waals surface area contributed by atoms with Crippen LogP contribution in [0.4, 0.5) is 5.13 Å². The Bertz CT molecular complexity index is 707. The lowest BCUT2D eigenvalue weighted by molar-refractivity contribution is 0.372. The zero-order valence-electron chi connectivity index (χ0n) is 15.4. The maximum Gasteiger partial charge on any atom is 0.205 e. The summed E-state index contributed by atoms with van der Waals surface area (Å²) in [6, 6.07) is 0. The highest BCUT2D eigenvalue weighted by atomic mass is 127. The van der Waals surface area contributed by atoms with Gasteiger partial charge in [0.1, 0.15) is 5.82 Å². The molecule has 0 radical (unpaired) electrons. The average molecular weight is 507 g/mol. The lowest BCUT2D eigenvalue weighted by Crippen LogP contribution is -2.52. The first-order valence-corrected chi connectivity index (χ1v) is 10.2. The molecular weight excluding hydrogens is 481 g/mol. The quantitative estimate of drug-likeness (QED) is 0.381. The van der Waals surface area contributed by atoms with Crippen molar-refractivity contribution in [3.63, 3.8) is 0 Å². The first kappa shape index (κ1) is 21.3. The van der Waals surface area contributed by atoms with Gasteiger partial charge in [-0.25, -0.2) is 9.97 Å². The second kappa shape index (κ2) is 10.4. The number of aliphatic imine (C=N–C) groups is 1. The number of guanidine groups is 1. The third kappa shape index (κ3) is 5.49. The fourth-order valence-electron chi connectivity index (χ4n) is 2.76. The summed E-state index contributed by atoms with van der Waals surface area (Å²) in [7, 11) is 1.85. The van der Waals surface area contributed by atoms with Gasteiger partial charge in [-0.3, -0.25) is 4.99 Å². The van der Waals surface area contributed by atoms with Crippen LogP contribution in [0.3, 0.4) is 0 Å². The van der Waals surface area contributed by atoms with Crippen molar-refractivity contribution in [2.75, 3.05) is 44.7 Å². The summed E-state index contributed by atoms with van der Waals surface area (Å²) in [5.41, 5.74) is 0. The first-order valence-electron chi connectivity index (χ1n) is 8.64. The van der Waals surface area contributed by atoms with Crippen LogP contribution in [-0.4, -0.2) is 65.0 Å². The maximum atomic E-state index is 4.59. The average Bonchev–Trinajstić information content (AvgIpc) is 3.28. The number of piperazine rings is 1. The third-order valence-electron chi connectivity index (χ3n) is 4.13. The van der Waals surface area contributed by atoms with E-state index in [0.29, 0.717) is 0 Å². The molecule has 1 aliphatic heterocycles. The molecular formula is C16H26IN7S2. The van der Waals surface area contributed by atoms with Crippen LogP contribution >= 0.6 is 46.8 Å². The summed E-state index contributed by atoms with van der Waals surface area (Å²) >= 11 is 3.27. The second-order valence-corrected chi connectivity index (χ2v) is 7.96. The number of aryl methyl sites for hydroxylation is 2. The molecule has 0 amide bonds. The van der Waals surface area contributed by atoms with Gasteiger partial charge in [-0.05, 0) is 6.92 Å². The molecule has 26 heavy (non-hydrogen) atoms. The van der Waals surface area contributed by atoms with Gasteiger partial charge in [0.15, 0.2) is 5.96 Å². The number of halogens is 1. The lowest BCUT2D eigenvalue weighted by atomic mass is 10.3. The molecule has 1 fully saturated rings. The van der Waals surface area contributed by atoms with Crippen LogP contribution in [0.25, 0.3) is 0 Å². The minimum Gasteiger partial charge on any atom is -0.356 e. The van der Waals surface area contributed by atoms with E-state index >= 15 is 0 Å². The Morgan fingerprint density at radius 2 is 2.08 bits per heavy atom. The third-order valence-corrected chi connectivity index (χ3v) is 5.91. The van der Waals surface area contributed by atoms with Gasteiger partial charge < -0.3 is 15.1 Å². The number of rotatable bonds is 5. The van der Waals surface area contributed by atoms with E-state index in [1.807, 2.05) is 13.2 Å². The Morgan fingerprint density at radius 1 is 1.31 bits per heavy atom. The summed E-state index contributed by atoms with van der Waals surface area (Å²) in [4.78, 5) is 19.3. The van der Waals surface area contributed by atoms with Gasteiger partial charge in [-0.2, -0.15) is 4.37 Å². The largest absolute Gasteiger partial charge is 0.356 e. The predicted octanol–water partition coefficient (Wildman–Crippen LogP) is 2.42. The van der Waals surface area contributed by atoms with Crippen molar-refractivity contribution >= 4 is 57.9 Å². The highest BCUT2D eigenvalue weighted by Crippen LogP contribution is 2.19. The van der Waals surface area contributed by atoms with Crippen molar-refractivity contribution in [3.8, 4) is 0 Å². The highest BCUT2D eigenvalue weighted by molar-refractivity contribution is 14.0. The van der Waals surface area contributed by atoms with E-state index in [-0.39, 0.29) is 24.0 Å². The Morgan fingerprint density at radius 3 is 2.65 bits per heavy atom. The van der Waals surface area contributed by atoms with Gasteiger partial charge in [0.05, 0.1) is 5.01 Å². The first-order chi connectivity index (χ1) is 12.2. The number of thiazole rings is 1. The molecule has 0 aromatic carbocycles. The van der Waals surface area contributed by atoms with E-state index in [2.05, 4.69) is 48.3 Å². The molecule has 0 unspecified atom stereocenters. The zero-order valence-corrected chi connectivity index (χ0v) is 19.4. The molecule has 3 heterocycles. The van der Waals surface area contributed by atoms with E-state index in [9.17, 15) is 0 Å². The van der Waals surface area contributed by atoms with Crippen molar-refractivity contribution < 1.29 is 0 Å². The molecule has 0 saturated carbocycles. The fourth-order valence-corrected chi connectivity index (χ4v) is 4.34. The van der Waals surface area contributed by atoms with Gasteiger partial charge in [-0.15, -0.1) is 35.3 Å². The van der Waals surface area contributed by atoms with E-state index in [4.69, 9.17) is 0 Å². The van der Waals surface area contributed by atoms with Crippen molar-refractivity contribution in [1.82, 2.24) is 24.6 Å². The van der Waals surface area contributed by atoms with Gasteiger partial charge in [0.25, 0.3) is 0 Å². The standard InChI is InChI=1S/C16H25N7S2.HI/c1-4-13-20-16(25-21-13)23-9-7-22(8-10-23)15(17-3)18-6-5-14-19-11-12(2)24-14;/h11H,4-10H2,1-3H3,(H,17,18);1H. The number of nitrogens with zero attached hydrogens (tertiary/aromatic N) is 6. The molecule has 7 nitrogen and oxygen atoms in total. The van der Waals surface area contributed by atoms with Gasteiger partial charge in [0, 0.05) is 75.2 Å². The van der Waals surface area contributed by atoms with Crippen LogP contribution in [-0.2, 0) is 12.8 Å². The van der Waals surface area contributed by atoms with E-state index < -0.39 is 0 Å². The molecule has 0 atom stereocenters. The minimum atomic E-state index is 0. The molecule has 1 aliphatic rings. The number of nitrogens with one attached hydrogen (secondary N) is 1. The molecule has 2 aromatic heterocycles. The Kier molecular flexibility index (Phi) is 8.48. The van der Waals surface area contributed by atoms with Gasteiger partial charge >= 0.3 is 0 Å². The number of hydrogen-bond donors (Lipinski definition) is 1. The lowest BCUT2D eigenvalue weighted by Gasteiger charge is -2.36. The van der Waals surface area contributed by atoms with Crippen LogP contribution in [0.2, 0.25) is 0 Å².